The largest absolute Gasteiger partial charge is 0.374 e. The van der Waals surface area contributed by atoms with E-state index in [1.54, 1.807) is 0 Å². The summed E-state index contributed by atoms with van der Waals surface area (Å²) in [6.45, 7) is 4.57. The Morgan fingerprint density at radius 3 is 2.69 bits per heavy atom. The zero-order valence-corrected chi connectivity index (χ0v) is 8.04. The van der Waals surface area contributed by atoms with Crippen molar-refractivity contribution in [1.82, 2.24) is 0 Å². The number of hydrogen-bond acceptors (Lipinski definition) is 2. The maximum atomic E-state index is 11.5. The van der Waals surface area contributed by atoms with E-state index in [1.165, 1.54) is 0 Å². The van der Waals surface area contributed by atoms with Gasteiger partial charge in [-0.05, 0) is 19.4 Å². The molecular weight excluding hydrogens is 164 g/mol. The van der Waals surface area contributed by atoms with Crippen molar-refractivity contribution in [3.63, 3.8) is 0 Å². The van der Waals surface area contributed by atoms with Gasteiger partial charge in [0.1, 0.15) is 6.61 Å². The van der Waals surface area contributed by atoms with Crippen LogP contribution in [0.15, 0.2) is 24.3 Å². The smallest absolute Gasteiger partial charge is 0.188 e. The van der Waals surface area contributed by atoms with Crippen molar-refractivity contribution >= 4 is 5.78 Å². The Bertz CT molecular complexity index is 292. The van der Waals surface area contributed by atoms with Crippen LogP contribution in [0.2, 0.25) is 0 Å². The molecule has 0 fully saturated rings. The minimum absolute atomic E-state index is 0.0555. The highest BCUT2D eigenvalue weighted by Gasteiger charge is 2.06. The molecule has 0 aliphatic rings. The van der Waals surface area contributed by atoms with E-state index in [9.17, 15) is 4.79 Å². The van der Waals surface area contributed by atoms with Gasteiger partial charge in [0.05, 0.1) is 0 Å². The van der Waals surface area contributed by atoms with E-state index < -0.39 is 0 Å². The van der Waals surface area contributed by atoms with E-state index >= 15 is 0 Å². The van der Waals surface area contributed by atoms with Crippen molar-refractivity contribution in [1.29, 1.82) is 0 Å². The Morgan fingerprint density at radius 1 is 1.38 bits per heavy atom. The third kappa shape index (κ3) is 2.67. The average molecular weight is 178 g/mol. The van der Waals surface area contributed by atoms with Crippen molar-refractivity contribution in [3.05, 3.63) is 35.4 Å². The van der Waals surface area contributed by atoms with Gasteiger partial charge in [-0.25, -0.2) is 0 Å². The second kappa shape index (κ2) is 4.77. The molecule has 70 valence electrons. The monoisotopic (exact) mass is 178 g/mol. The van der Waals surface area contributed by atoms with Crippen LogP contribution < -0.4 is 0 Å². The maximum Gasteiger partial charge on any atom is 0.188 e. The molecule has 2 nitrogen and oxygen atoms in total. The van der Waals surface area contributed by atoms with E-state index in [0.29, 0.717) is 6.61 Å². The molecule has 0 aliphatic carbocycles. The summed E-state index contributed by atoms with van der Waals surface area (Å²) in [6.07, 6.45) is 0. The summed E-state index contributed by atoms with van der Waals surface area (Å²) in [5, 5.41) is 0. The van der Waals surface area contributed by atoms with Gasteiger partial charge in [0, 0.05) is 12.2 Å². The molecule has 0 atom stereocenters. The van der Waals surface area contributed by atoms with Crippen molar-refractivity contribution < 1.29 is 9.53 Å². The molecule has 0 radical (unpaired) electrons. The number of benzene rings is 1. The quantitative estimate of drug-likeness (QED) is 0.661. The first-order valence-electron chi connectivity index (χ1n) is 4.42. The molecule has 1 aromatic carbocycles. The number of ketones is 1. The molecule has 1 aromatic rings. The second-order valence-corrected chi connectivity index (χ2v) is 2.88. The van der Waals surface area contributed by atoms with Gasteiger partial charge >= 0.3 is 0 Å². The lowest BCUT2D eigenvalue weighted by molar-refractivity contribution is 0.0782. The molecule has 0 saturated carbocycles. The highest BCUT2D eigenvalue weighted by molar-refractivity contribution is 5.98. The highest BCUT2D eigenvalue weighted by atomic mass is 16.5. The molecular formula is C11H14O2. The minimum Gasteiger partial charge on any atom is -0.374 e. The van der Waals surface area contributed by atoms with Crippen LogP contribution in [0.3, 0.4) is 0 Å². The Labute approximate surface area is 78.5 Å². The molecule has 1 rings (SSSR count). The van der Waals surface area contributed by atoms with Crippen LogP contribution >= 0.6 is 0 Å². The van der Waals surface area contributed by atoms with Crippen molar-refractivity contribution in [3.8, 4) is 0 Å². The lowest BCUT2D eigenvalue weighted by atomic mass is 10.1. The first kappa shape index (κ1) is 9.93. The lowest BCUT2D eigenvalue weighted by Gasteiger charge is -2.03. The normalized spacial score (nSPS) is 10.0. The highest BCUT2D eigenvalue weighted by Crippen LogP contribution is 2.07. The molecule has 0 spiro atoms. The summed E-state index contributed by atoms with van der Waals surface area (Å²) < 4.78 is 5.06. The Balaban J connectivity index is 2.71. The Hall–Kier alpha value is -1.15. The van der Waals surface area contributed by atoms with Crippen LogP contribution in [0.4, 0.5) is 0 Å². The fraction of sp³-hybridized carbons (Fsp3) is 0.364. The zero-order valence-electron chi connectivity index (χ0n) is 8.04. The van der Waals surface area contributed by atoms with Gasteiger partial charge in [-0.3, -0.25) is 4.79 Å². The molecule has 2 heteroatoms. The standard InChI is InChI=1S/C11H14O2/c1-3-13-8-11(12)10-7-5-4-6-9(10)2/h4-7H,3,8H2,1-2H3. The number of carbonyl (C=O) groups is 1. The molecule has 0 saturated heterocycles. The fourth-order valence-electron chi connectivity index (χ4n) is 1.16. The third-order valence-electron chi connectivity index (χ3n) is 1.88. The number of hydrogen-bond donors (Lipinski definition) is 0. The van der Waals surface area contributed by atoms with Crippen molar-refractivity contribution in [2.24, 2.45) is 0 Å². The molecule has 0 aromatic heterocycles. The third-order valence-corrected chi connectivity index (χ3v) is 1.88. The van der Waals surface area contributed by atoms with Gasteiger partial charge in [-0.1, -0.05) is 24.3 Å². The molecule has 13 heavy (non-hydrogen) atoms. The molecule has 0 amide bonds. The number of rotatable bonds is 4. The van der Waals surface area contributed by atoms with Crippen LogP contribution in [-0.4, -0.2) is 19.0 Å². The van der Waals surface area contributed by atoms with E-state index in [2.05, 4.69) is 0 Å². The van der Waals surface area contributed by atoms with E-state index in [-0.39, 0.29) is 12.4 Å². The average Bonchev–Trinajstić information content (AvgIpc) is 2.15. The molecule has 0 N–H and O–H groups in total. The van der Waals surface area contributed by atoms with Crippen LogP contribution in [-0.2, 0) is 4.74 Å². The van der Waals surface area contributed by atoms with Gasteiger partial charge < -0.3 is 4.74 Å². The van der Waals surface area contributed by atoms with Gasteiger partial charge in [-0.2, -0.15) is 0 Å². The van der Waals surface area contributed by atoms with E-state index in [1.807, 2.05) is 38.1 Å². The second-order valence-electron chi connectivity index (χ2n) is 2.88. The first-order chi connectivity index (χ1) is 6.25. The lowest BCUT2D eigenvalue weighted by Crippen LogP contribution is -2.10. The summed E-state index contributed by atoms with van der Waals surface area (Å²) in [4.78, 5) is 11.5. The van der Waals surface area contributed by atoms with E-state index in [4.69, 9.17) is 4.74 Å². The van der Waals surface area contributed by atoms with Crippen molar-refractivity contribution in [2.75, 3.05) is 13.2 Å². The number of carbonyl (C=O) groups excluding carboxylic acids is 1. The fourth-order valence-corrected chi connectivity index (χ4v) is 1.16. The van der Waals surface area contributed by atoms with Gasteiger partial charge in [0.2, 0.25) is 0 Å². The summed E-state index contributed by atoms with van der Waals surface area (Å²) in [7, 11) is 0. The number of ether oxygens (including phenoxy) is 1. The van der Waals surface area contributed by atoms with Gasteiger partial charge in [0.25, 0.3) is 0 Å². The van der Waals surface area contributed by atoms with Gasteiger partial charge in [-0.15, -0.1) is 0 Å². The number of aryl methyl sites for hydroxylation is 1. The van der Waals surface area contributed by atoms with Crippen LogP contribution in [0.5, 0.6) is 0 Å². The van der Waals surface area contributed by atoms with E-state index in [0.717, 1.165) is 11.1 Å². The molecule has 0 unspecified atom stereocenters. The Kier molecular flexibility index (Phi) is 3.65. The summed E-state index contributed by atoms with van der Waals surface area (Å²) in [5.74, 6) is 0.0555. The summed E-state index contributed by atoms with van der Waals surface area (Å²) in [6, 6.07) is 7.55. The first-order valence-corrected chi connectivity index (χ1v) is 4.42. The van der Waals surface area contributed by atoms with Crippen molar-refractivity contribution in [2.45, 2.75) is 13.8 Å². The number of Topliss-reactive ketones (excluding diaryl/α,β-unsaturated/α-hetero) is 1. The zero-order chi connectivity index (χ0) is 9.68. The predicted octanol–water partition coefficient (Wildman–Crippen LogP) is 2.21. The minimum atomic E-state index is 0.0555. The maximum absolute atomic E-state index is 11.5. The predicted molar refractivity (Wildman–Crippen MR) is 52.0 cm³/mol. The summed E-state index contributed by atoms with van der Waals surface area (Å²) >= 11 is 0. The summed E-state index contributed by atoms with van der Waals surface area (Å²) in [5.41, 5.74) is 1.77. The molecule has 0 aliphatic heterocycles. The Morgan fingerprint density at radius 2 is 2.08 bits per heavy atom. The van der Waals surface area contributed by atoms with Crippen LogP contribution in [0.25, 0.3) is 0 Å². The topological polar surface area (TPSA) is 26.3 Å². The van der Waals surface area contributed by atoms with Crippen LogP contribution in [0, 0.1) is 6.92 Å². The SMILES string of the molecule is CCOCC(=O)c1ccccc1C. The molecule has 0 bridgehead atoms. The van der Waals surface area contributed by atoms with Crippen LogP contribution in [0.1, 0.15) is 22.8 Å². The molecule has 0 heterocycles. The van der Waals surface area contributed by atoms with Gasteiger partial charge in [0.15, 0.2) is 5.78 Å².